The van der Waals surface area contributed by atoms with Crippen molar-refractivity contribution < 1.29 is 4.79 Å². The van der Waals surface area contributed by atoms with Gasteiger partial charge in [-0.15, -0.1) is 23.5 Å². The van der Waals surface area contributed by atoms with Gasteiger partial charge in [-0.25, -0.2) is 4.98 Å². The van der Waals surface area contributed by atoms with Gasteiger partial charge in [0.1, 0.15) is 0 Å². The minimum absolute atomic E-state index is 0.0205. The summed E-state index contributed by atoms with van der Waals surface area (Å²) in [5.74, 6) is 0.791. The quantitative estimate of drug-likeness (QED) is 0.821. The lowest BCUT2D eigenvalue weighted by Crippen LogP contribution is -2.12. The minimum Gasteiger partial charge on any atom is -0.325 e. The van der Waals surface area contributed by atoms with E-state index in [0.717, 1.165) is 16.5 Å². The summed E-state index contributed by atoms with van der Waals surface area (Å²) >= 11 is 3.27. The van der Waals surface area contributed by atoms with E-state index in [1.807, 2.05) is 48.7 Å². The highest BCUT2D eigenvalue weighted by atomic mass is 32.2. The zero-order valence-corrected chi connectivity index (χ0v) is 12.8. The summed E-state index contributed by atoms with van der Waals surface area (Å²) in [6.45, 7) is 0. The summed E-state index contributed by atoms with van der Waals surface area (Å²) < 4.78 is 0. The van der Waals surface area contributed by atoms with Crippen molar-refractivity contribution in [3.05, 3.63) is 48.7 Å². The van der Waals surface area contributed by atoms with Crippen LogP contribution in [0.3, 0.4) is 0 Å². The van der Waals surface area contributed by atoms with Gasteiger partial charge in [0.05, 0.1) is 16.9 Å². The number of hydrogen-bond acceptors (Lipinski definition) is 4. The Kier molecular flexibility index (Phi) is 5.95. The molecule has 0 aliphatic rings. The highest BCUT2D eigenvalue weighted by Crippen LogP contribution is 2.18. The molecule has 104 valence electrons. The molecule has 1 amide bonds. The summed E-state index contributed by atoms with van der Waals surface area (Å²) in [6.07, 6.45) is 4.15. The zero-order valence-electron chi connectivity index (χ0n) is 11.2. The number of carbonyl (C=O) groups is 1. The number of carbonyl (C=O) groups excluding carboxylic acids is 1. The van der Waals surface area contributed by atoms with Crippen LogP contribution in [-0.4, -0.2) is 22.9 Å². The molecule has 5 heteroatoms. The van der Waals surface area contributed by atoms with E-state index in [2.05, 4.69) is 10.3 Å². The predicted octanol–water partition coefficient (Wildman–Crippen LogP) is 3.92. The number of aromatic nitrogens is 1. The lowest BCUT2D eigenvalue weighted by atomic mass is 10.4. The van der Waals surface area contributed by atoms with Crippen molar-refractivity contribution in [2.24, 2.45) is 0 Å². The van der Waals surface area contributed by atoms with Gasteiger partial charge in [-0.3, -0.25) is 4.79 Å². The molecular formula is C15H16N2OS2. The fourth-order valence-corrected chi connectivity index (χ4v) is 2.81. The molecule has 0 fully saturated rings. The Morgan fingerprint density at radius 3 is 2.65 bits per heavy atom. The second-order valence-corrected chi connectivity index (χ2v) is 6.04. The largest absolute Gasteiger partial charge is 0.325 e. The van der Waals surface area contributed by atoms with Gasteiger partial charge in [0.25, 0.3) is 0 Å². The van der Waals surface area contributed by atoms with Crippen molar-refractivity contribution in [2.45, 2.75) is 16.3 Å². The van der Waals surface area contributed by atoms with Crippen LogP contribution < -0.4 is 5.32 Å². The molecule has 0 saturated carbocycles. The van der Waals surface area contributed by atoms with Crippen LogP contribution in [0.5, 0.6) is 0 Å². The van der Waals surface area contributed by atoms with E-state index in [1.165, 1.54) is 4.90 Å². The number of pyridine rings is 1. The number of hydrogen-bond donors (Lipinski definition) is 1. The first-order valence-corrected chi connectivity index (χ1v) is 8.47. The average molecular weight is 304 g/mol. The Bertz CT molecular complexity index is 544. The van der Waals surface area contributed by atoms with E-state index in [-0.39, 0.29) is 5.91 Å². The summed E-state index contributed by atoms with van der Waals surface area (Å²) in [4.78, 5) is 17.2. The maximum Gasteiger partial charge on any atom is 0.225 e. The summed E-state index contributed by atoms with van der Waals surface area (Å²) in [7, 11) is 0. The molecule has 0 unspecified atom stereocenters. The molecule has 1 N–H and O–H groups in total. The first kappa shape index (κ1) is 14.9. The molecule has 0 atom stereocenters. The summed E-state index contributed by atoms with van der Waals surface area (Å²) in [5.41, 5.74) is 0.748. The van der Waals surface area contributed by atoms with E-state index in [1.54, 1.807) is 29.7 Å². The van der Waals surface area contributed by atoms with Gasteiger partial charge in [0.2, 0.25) is 5.91 Å². The van der Waals surface area contributed by atoms with Crippen molar-refractivity contribution in [2.75, 3.05) is 17.3 Å². The van der Waals surface area contributed by atoms with E-state index >= 15 is 0 Å². The normalized spacial score (nSPS) is 10.2. The van der Waals surface area contributed by atoms with Crippen LogP contribution in [0.4, 0.5) is 5.69 Å². The van der Waals surface area contributed by atoms with Gasteiger partial charge in [-0.05, 0) is 30.5 Å². The zero-order chi connectivity index (χ0) is 14.2. The minimum atomic E-state index is 0.0205. The highest BCUT2D eigenvalue weighted by molar-refractivity contribution is 7.99. The van der Waals surface area contributed by atoms with Gasteiger partial charge < -0.3 is 5.32 Å². The van der Waals surface area contributed by atoms with E-state index in [0.29, 0.717) is 6.42 Å². The number of thioether (sulfide) groups is 2. The van der Waals surface area contributed by atoms with Crippen LogP contribution in [-0.2, 0) is 4.79 Å². The Morgan fingerprint density at radius 2 is 2.00 bits per heavy atom. The first-order chi connectivity index (χ1) is 9.78. The number of anilines is 1. The second kappa shape index (κ2) is 7.97. The molecule has 1 aromatic heterocycles. The number of nitrogens with zero attached hydrogens (tertiary/aromatic N) is 1. The number of amides is 1. The number of benzene rings is 1. The van der Waals surface area contributed by atoms with Crippen molar-refractivity contribution in [1.29, 1.82) is 0 Å². The number of rotatable bonds is 6. The Labute approximate surface area is 127 Å². The van der Waals surface area contributed by atoms with Gasteiger partial charge in [-0.1, -0.05) is 18.2 Å². The van der Waals surface area contributed by atoms with Gasteiger partial charge in [0, 0.05) is 17.1 Å². The lowest BCUT2D eigenvalue weighted by Gasteiger charge is -2.05. The summed E-state index contributed by atoms with van der Waals surface area (Å²) in [5, 5.41) is 3.80. The van der Waals surface area contributed by atoms with Gasteiger partial charge in [0.15, 0.2) is 0 Å². The van der Waals surface area contributed by atoms with E-state index in [4.69, 9.17) is 0 Å². The van der Waals surface area contributed by atoms with Crippen LogP contribution in [0.15, 0.2) is 58.6 Å². The molecule has 0 aliphatic heterocycles. The molecule has 20 heavy (non-hydrogen) atoms. The molecule has 2 aromatic rings. The monoisotopic (exact) mass is 304 g/mol. The third-order valence-corrected chi connectivity index (χ3v) is 4.24. The Morgan fingerprint density at radius 1 is 1.20 bits per heavy atom. The van der Waals surface area contributed by atoms with Crippen molar-refractivity contribution >= 4 is 35.1 Å². The maximum atomic E-state index is 11.8. The fourth-order valence-electron chi connectivity index (χ4n) is 1.58. The number of nitrogens with one attached hydrogen (secondary N) is 1. The molecule has 0 radical (unpaired) electrons. The molecule has 0 aliphatic carbocycles. The van der Waals surface area contributed by atoms with Crippen molar-refractivity contribution in [3.63, 3.8) is 0 Å². The third kappa shape index (κ3) is 4.90. The predicted molar refractivity (Wildman–Crippen MR) is 86.4 cm³/mol. The molecule has 0 spiro atoms. The first-order valence-electron chi connectivity index (χ1n) is 6.25. The lowest BCUT2D eigenvalue weighted by molar-refractivity contribution is -0.115. The smallest absolute Gasteiger partial charge is 0.225 e. The molecule has 0 bridgehead atoms. The van der Waals surface area contributed by atoms with Gasteiger partial charge >= 0.3 is 0 Å². The van der Waals surface area contributed by atoms with Gasteiger partial charge in [-0.2, -0.15) is 0 Å². The molecular weight excluding hydrogens is 288 g/mol. The van der Waals surface area contributed by atoms with Crippen LogP contribution in [0.2, 0.25) is 0 Å². The topological polar surface area (TPSA) is 42.0 Å². The second-order valence-electron chi connectivity index (χ2n) is 4.05. The average Bonchev–Trinajstić information content (AvgIpc) is 2.49. The molecule has 1 heterocycles. The Balaban J connectivity index is 1.74. The SMILES string of the molecule is CSc1ccc(NC(=O)CCSc2ccccc2)cn1. The Hall–Kier alpha value is -1.46. The standard InChI is InChI=1S/C15H16N2OS2/c1-19-15-8-7-12(11-16-15)17-14(18)9-10-20-13-5-3-2-4-6-13/h2-8,11H,9-10H2,1H3,(H,17,18). The summed E-state index contributed by atoms with van der Waals surface area (Å²) in [6, 6.07) is 13.9. The van der Waals surface area contributed by atoms with Crippen molar-refractivity contribution in [1.82, 2.24) is 4.98 Å². The van der Waals surface area contributed by atoms with Crippen LogP contribution in [0, 0.1) is 0 Å². The van der Waals surface area contributed by atoms with Crippen LogP contribution >= 0.6 is 23.5 Å². The van der Waals surface area contributed by atoms with Crippen LogP contribution in [0.1, 0.15) is 6.42 Å². The van der Waals surface area contributed by atoms with Crippen LogP contribution in [0.25, 0.3) is 0 Å². The maximum absolute atomic E-state index is 11.8. The molecule has 3 nitrogen and oxygen atoms in total. The van der Waals surface area contributed by atoms with E-state index < -0.39 is 0 Å². The molecule has 2 rings (SSSR count). The molecule has 0 saturated heterocycles. The third-order valence-electron chi connectivity index (χ3n) is 2.57. The molecule has 1 aromatic carbocycles. The van der Waals surface area contributed by atoms with E-state index in [9.17, 15) is 4.79 Å². The highest BCUT2D eigenvalue weighted by Gasteiger charge is 2.03. The van der Waals surface area contributed by atoms with Crippen molar-refractivity contribution in [3.8, 4) is 0 Å². The fraction of sp³-hybridized carbons (Fsp3) is 0.200.